The fraction of sp³-hybridized carbons (Fsp3) is 0.750. The molecule has 0 spiro atoms. The molecule has 0 fully saturated rings. The minimum absolute atomic E-state index is 0.0168. The van der Waals surface area contributed by atoms with Crippen LogP contribution in [0.4, 0.5) is 0 Å². The normalized spacial score (nSPS) is 20.3. The molecular formula is C8H14N2O2. The van der Waals surface area contributed by atoms with Crippen molar-refractivity contribution in [2.45, 2.75) is 39.8 Å². The second-order valence-electron chi connectivity index (χ2n) is 3.23. The Bertz CT molecular complexity index is 233. The van der Waals surface area contributed by atoms with E-state index in [2.05, 4.69) is 5.10 Å². The first kappa shape index (κ1) is 9.03. The van der Waals surface area contributed by atoms with Crippen LogP contribution < -0.4 is 0 Å². The molecule has 0 bridgehead atoms. The van der Waals surface area contributed by atoms with Gasteiger partial charge in [-0.1, -0.05) is 6.92 Å². The molecule has 0 atom stereocenters. The molecule has 0 N–H and O–H groups in total. The zero-order chi connectivity index (χ0) is 9.35. The van der Waals surface area contributed by atoms with Crippen molar-refractivity contribution in [3.63, 3.8) is 0 Å². The van der Waals surface area contributed by atoms with Crippen LogP contribution in [0.1, 0.15) is 34.1 Å². The van der Waals surface area contributed by atoms with Crippen LogP contribution in [0.2, 0.25) is 0 Å². The number of carbonyl (C=O) groups is 1. The molecule has 68 valence electrons. The van der Waals surface area contributed by atoms with Gasteiger partial charge in [0.2, 0.25) is 17.5 Å². The van der Waals surface area contributed by atoms with Crippen LogP contribution in [0, 0.1) is 0 Å². The average Bonchev–Trinajstić information content (AvgIpc) is 2.23. The topological polar surface area (TPSA) is 41.9 Å². The SMILES string of the molecule is CCC(=O)N1N=C(C)OC1(C)C. The fourth-order valence-corrected chi connectivity index (χ4v) is 1.19. The van der Waals surface area contributed by atoms with Gasteiger partial charge >= 0.3 is 0 Å². The van der Waals surface area contributed by atoms with Gasteiger partial charge in [0.1, 0.15) is 0 Å². The van der Waals surface area contributed by atoms with Gasteiger partial charge in [-0.15, -0.1) is 5.10 Å². The molecule has 4 heteroatoms. The number of hydrazone groups is 1. The molecule has 0 unspecified atom stereocenters. The molecule has 1 aliphatic heterocycles. The zero-order valence-corrected chi connectivity index (χ0v) is 7.92. The second kappa shape index (κ2) is 2.77. The van der Waals surface area contributed by atoms with Crippen LogP contribution in [-0.4, -0.2) is 22.5 Å². The van der Waals surface area contributed by atoms with Crippen molar-refractivity contribution in [3.05, 3.63) is 0 Å². The average molecular weight is 170 g/mol. The smallest absolute Gasteiger partial charge is 0.246 e. The quantitative estimate of drug-likeness (QED) is 0.595. The Balaban J connectivity index is 2.82. The van der Waals surface area contributed by atoms with Crippen LogP contribution in [0.15, 0.2) is 5.10 Å². The van der Waals surface area contributed by atoms with Gasteiger partial charge in [-0.25, -0.2) is 0 Å². The molecule has 1 rings (SSSR count). The summed E-state index contributed by atoms with van der Waals surface area (Å²) < 4.78 is 5.34. The summed E-state index contributed by atoms with van der Waals surface area (Å²) in [6.45, 7) is 7.19. The van der Waals surface area contributed by atoms with Gasteiger partial charge in [0.05, 0.1) is 0 Å². The lowest BCUT2D eigenvalue weighted by atomic mass is 10.3. The molecule has 12 heavy (non-hydrogen) atoms. The molecular weight excluding hydrogens is 156 g/mol. The first-order valence-corrected chi connectivity index (χ1v) is 4.04. The van der Waals surface area contributed by atoms with E-state index >= 15 is 0 Å². The van der Waals surface area contributed by atoms with E-state index in [-0.39, 0.29) is 5.91 Å². The largest absolute Gasteiger partial charge is 0.452 e. The van der Waals surface area contributed by atoms with Gasteiger partial charge in [0.25, 0.3) is 0 Å². The van der Waals surface area contributed by atoms with Crippen molar-refractivity contribution >= 4 is 11.8 Å². The molecule has 0 aromatic heterocycles. The summed E-state index contributed by atoms with van der Waals surface area (Å²) in [6, 6.07) is 0. The minimum Gasteiger partial charge on any atom is -0.452 e. The van der Waals surface area contributed by atoms with Gasteiger partial charge in [-0.3, -0.25) is 4.79 Å². The number of rotatable bonds is 1. The van der Waals surface area contributed by atoms with E-state index < -0.39 is 5.72 Å². The summed E-state index contributed by atoms with van der Waals surface area (Å²) in [5.41, 5.74) is -0.614. The zero-order valence-electron chi connectivity index (χ0n) is 7.92. The molecule has 4 nitrogen and oxygen atoms in total. The van der Waals surface area contributed by atoms with Crippen molar-refractivity contribution in [1.29, 1.82) is 0 Å². The van der Waals surface area contributed by atoms with E-state index in [0.717, 1.165) is 0 Å². The van der Waals surface area contributed by atoms with Crippen molar-refractivity contribution in [2.24, 2.45) is 5.10 Å². The van der Waals surface area contributed by atoms with Crippen LogP contribution in [-0.2, 0) is 9.53 Å². The van der Waals surface area contributed by atoms with E-state index in [0.29, 0.717) is 12.3 Å². The Labute approximate surface area is 72.2 Å². The summed E-state index contributed by atoms with van der Waals surface area (Å²) in [5, 5.41) is 5.38. The number of hydrogen-bond acceptors (Lipinski definition) is 3. The van der Waals surface area contributed by atoms with Crippen LogP contribution >= 0.6 is 0 Å². The maximum absolute atomic E-state index is 11.3. The van der Waals surface area contributed by atoms with Crippen LogP contribution in [0.3, 0.4) is 0 Å². The second-order valence-corrected chi connectivity index (χ2v) is 3.23. The Kier molecular flexibility index (Phi) is 2.08. The van der Waals surface area contributed by atoms with Crippen molar-refractivity contribution in [3.8, 4) is 0 Å². The third-order valence-electron chi connectivity index (χ3n) is 1.69. The lowest BCUT2D eigenvalue weighted by Gasteiger charge is -2.26. The molecule has 0 aromatic rings. The maximum Gasteiger partial charge on any atom is 0.246 e. The number of amides is 1. The molecule has 0 aromatic carbocycles. The van der Waals surface area contributed by atoms with Crippen molar-refractivity contribution in [2.75, 3.05) is 0 Å². The third-order valence-corrected chi connectivity index (χ3v) is 1.69. The van der Waals surface area contributed by atoms with Crippen molar-refractivity contribution in [1.82, 2.24) is 5.01 Å². The lowest BCUT2D eigenvalue weighted by molar-refractivity contribution is -0.144. The van der Waals surface area contributed by atoms with Gasteiger partial charge < -0.3 is 4.74 Å². The Hall–Kier alpha value is -1.06. The number of nitrogens with zero attached hydrogens (tertiary/aromatic N) is 2. The predicted molar refractivity (Wildman–Crippen MR) is 45.4 cm³/mol. The fourth-order valence-electron chi connectivity index (χ4n) is 1.19. The highest BCUT2D eigenvalue weighted by Crippen LogP contribution is 2.24. The minimum atomic E-state index is -0.614. The summed E-state index contributed by atoms with van der Waals surface area (Å²) in [7, 11) is 0. The highest BCUT2D eigenvalue weighted by atomic mass is 16.5. The number of ether oxygens (including phenoxy) is 1. The number of carbonyl (C=O) groups excluding carboxylic acids is 1. The van der Waals surface area contributed by atoms with E-state index in [1.165, 1.54) is 5.01 Å². The molecule has 1 heterocycles. The molecule has 1 amide bonds. The van der Waals surface area contributed by atoms with Gasteiger partial charge in [-0.2, -0.15) is 5.01 Å². The number of hydrogen-bond donors (Lipinski definition) is 0. The summed E-state index contributed by atoms with van der Waals surface area (Å²) in [5.74, 6) is 0.527. The molecule has 1 aliphatic rings. The van der Waals surface area contributed by atoms with E-state index in [9.17, 15) is 4.79 Å². The molecule has 0 saturated carbocycles. The summed E-state index contributed by atoms with van der Waals surface area (Å²) in [6.07, 6.45) is 0.448. The Morgan fingerprint density at radius 1 is 1.67 bits per heavy atom. The van der Waals surface area contributed by atoms with E-state index in [1.54, 1.807) is 6.92 Å². The first-order chi connectivity index (χ1) is 5.47. The van der Waals surface area contributed by atoms with Gasteiger partial charge in [0, 0.05) is 13.3 Å². The predicted octanol–water partition coefficient (Wildman–Crippen LogP) is 1.32. The molecule has 0 aliphatic carbocycles. The Morgan fingerprint density at radius 2 is 2.25 bits per heavy atom. The monoisotopic (exact) mass is 170 g/mol. The van der Waals surface area contributed by atoms with Crippen molar-refractivity contribution < 1.29 is 9.53 Å². The van der Waals surface area contributed by atoms with E-state index in [1.807, 2.05) is 20.8 Å². The maximum atomic E-state index is 11.3. The summed E-state index contributed by atoms with van der Waals surface area (Å²) in [4.78, 5) is 11.3. The van der Waals surface area contributed by atoms with E-state index in [4.69, 9.17) is 4.74 Å². The highest BCUT2D eigenvalue weighted by Gasteiger charge is 2.37. The van der Waals surface area contributed by atoms with Gasteiger partial charge in [-0.05, 0) is 13.8 Å². The lowest BCUT2D eigenvalue weighted by Crippen LogP contribution is -2.41. The Morgan fingerprint density at radius 3 is 2.58 bits per heavy atom. The highest BCUT2D eigenvalue weighted by molar-refractivity contribution is 5.82. The summed E-state index contributed by atoms with van der Waals surface area (Å²) >= 11 is 0. The standard InChI is InChI=1S/C8H14N2O2/c1-5-7(11)10-8(3,4)12-6(2)9-10/h5H2,1-4H3. The van der Waals surface area contributed by atoms with Crippen LogP contribution in [0.5, 0.6) is 0 Å². The van der Waals surface area contributed by atoms with Crippen LogP contribution in [0.25, 0.3) is 0 Å². The first-order valence-electron chi connectivity index (χ1n) is 4.04. The molecule has 0 radical (unpaired) electrons. The molecule has 0 saturated heterocycles. The third kappa shape index (κ3) is 1.42. The van der Waals surface area contributed by atoms with Gasteiger partial charge in [0.15, 0.2) is 0 Å².